The Kier molecular flexibility index (Phi) is 6.68. The van der Waals surface area contributed by atoms with Crippen LogP contribution in [0.3, 0.4) is 0 Å². The molecule has 2 N–H and O–H groups in total. The van der Waals surface area contributed by atoms with Gasteiger partial charge in [-0.15, -0.1) is 0 Å². The molecule has 21 heavy (non-hydrogen) atoms. The molecule has 0 bridgehead atoms. The van der Waals surface area contributed by atoms with Gasteiger partial charge in [0.2, 0.25) is 10.0 Å². The van der Waals surface area contributed by atoms with Crippen molar-refractivity contribution in [2.75, 3.05) is 18.8 Å². The van der Waals surface area contributed by atoms with Crippen LogP contribution >= 0.6 is 0 Å². The van der Waals surface area contributed by atoms with E-state index in [-0.39, 0.29) is 0 Å². The van der Waals surface area contributed by atoms with Crippen LogP contribution in [0.2, 0.25) is 0 Å². The fourth-order valence-corrected chi connectivity index (χ4v) is 4.53. The number of aryl methyl sites for hydroxylation is 1. The number of sulfonamides is 1. The highest BCUT2D eigenvalue weighted by atomic mass is 32.2. The van der Waals surface area contributed by atoms with E-state index in [1.807, 2.05) is 33.8 Å². The van der Waals surface area contributed by atoms with Gasteiger partial charge in [-0.25, -0.2) is 8.42 Å². The van der Waals surface area contributed by atoms with Crippen molar-refractivity contribution in [3.63, 3.8) is 0 Å². The Morgan fingerprint density at radius 3 is 2.00 bits per heavy atom. The van der Waals surface area contributed by atoms with Crippen LogP contribution in [-0.2, 0) is 22.9 Å². The van der Waals surface area contributed by atoms with Gasteiger partial charge in [0.15, 0.2) is 0 Å². The number of hydrogen-bond acceptors (Lipinski definition) is 3. The largest absolute Gasteiger partial charge is 0.398 e. The van der Waals surface area contributed by atoms with Crippen molar-refractivity contribution in [2.24, 2.45) is 0 Å². The van der Waals surface area contributed by atoms with Gasteiger partial charge >= 0.3 is 0 Å². The Morgan fingerprint density at radius 2 is 1.57 bits per heavy atom. The Balaban J connectivity index is 3.43. The average molecular weight is 312 g/mol. The monoisotopic (exact) mass is 312 g/mol. The molecule has 0 aliphatic heterocycles. The molecule has 0 saturated heterocycles. The topological polar surface area (TPSA) is 63.4 Å². The van der Waals surface area contributed by atoms with Gasteiger partial charge in [-0.05, 0) is 48.9 Å². The van der Waals surface area contributed by atoms with Crippen molar-refractivity contribution < 1.29 is 8.42 Å². The highest BCUT2D eigenvalue weighted by Gasteiger charge is 2.26. The smallest absolute Gasteiger partial charge is 0.243 e. The summed E-state index contributed by atoms with van der Waals surface area (Å²) in [7, 11) is -3.47. The number of rotatable bonds is 8. The molecule has 0 heterocycles. The standard InChI is InChI=1S/C16H28N2O2S/c1-5-9-18(10-6-2)21(19,20)16-12-13(7-3)11-15(17)14(16)8-4/h11-12H,5-10,17H2,1-4H3. The first-order chi connectivity index (χ1) is 9.92. The SMILES string of the molecule is CCCN(CCC)S(=O)(=O)c1cc(CC)cc(N)c1CC. The van der Waals surface area contributed by atoms with Gasteiger partial charge in [0.05, 0.1) is 4.90 Å². The quantitative estimate of drug-likeness (QED) is 0.750. The van der Waals surface area contributed by atoms with Crippen LogP contribution in [-0.4, -0.2) is 25.8 Å². The molecule has 0 aliphatic rings. The molecule has 0 amide bonds. The zero-order chi connectivity index (χ0) is 16.0. The first kappa shape index (κ1) is 18.0. The van der Waals surface area contributed by atoms with Crippen molar-refractivity contribution in [1.29, 1.82) is 0 Å². The molecular formula is C16H28N2O2S. The van der Waals surface area contributed by atoms with Gasteiger partial charge in [0.1, 0.15) is 0 Å². The van der Waals surface area contributed by atoms with Crippen molar-refractivity contribution in [3.8, 4) is 0 Å². The third-order valence-electron chi connectivity index (χ3n) is 3.63. The summed E-state index contributed by atoms with van der Waals surface area (Å²) < 4.78 is 27.5. The minimum Gasteiger partial charge on any atom is -0.398 e. The van der Waals surface area contributed by atoms with E-state index in [4.69, 9.17) is 5.73 Å². The van der Waals surface area contributed by atoms with Gasteiger partial charge in [-0.1, -0.05) is 27.7 Å². The molecule has 4 nitrogen and oxygen atoms in total. The van der Waals surface area contributed by atoms with E-state index in [0.29, 0.717) is 30.1 Å². The second kappa shape index (κ2) is 7.80. The van der Waals surface area contributed by atoms with Gasteiger partial charge in [-0.2, -0.15) is 4.31 Å². The van der Waals surface area contributed by atoms with E-state index in [1.54, 1.807) is 10.4 Å². The summed E-state index contributed by atoms with van der Waals surface area (Å²) in [4.78, 5) is 0.392. The summed E-state index contributed by atoms with van der Waals surface area (Å²) in [6.45, 7) is 9.05. The first-order valence-electron chi connectivity index (χ1n) is 7.83. The second-order valence-electron chi connectivity index (χ2n) is 5.27. The zero-order valence-electron chi connectivity index (χ0n) is 13.6. The van der Waals surface area contributed by atoms with E-state index >= 15 is 0 Å². The normalized spacial score (nSPS) is 12.0. The minimum atomic E-state index is -3.47. The molecular weight excluding hydrogens is 284 g/mol. The zero-order valence-corrected chi connectivity index (χ0v) is 14.5. The van der Waals surface area contributed by atoms with Crippen LogP contribution in [0, 0.1) is 0 Å². The van der Waals surface area contributed by atoms with E-state index in [1.165, 1.54) is 0 Å². The minimum absolute atomic E-state index is 0.392. The van der Waals surface area contributed by atoms with Crippen molar-refractivity contribution in [2.45, 2.75) is 58.3 Å². The summed E-state index contributed by atoms with van der Waals surface area (Å²) in [6.07, 6.45) is 3.02. The molecule has 0 fully saturated rings. The van der Waals surface area contributed by atoms with Gasteiger partial charge < -0.3 is 5.73 Å². The molecule has 0 aliphatic carbocycles. The molecule has 0 spiro atoms. The molecule has 5 heteroatoms. The third kappa shape index (κ3) is 3.98. The summed E-state index contributed by atoms with van der Waals surface area (Å²) in [6, 6.07) is 3.69. The lowest BCUT2D eigenvalue weighted by Crippen LogP contribution is -2.33. The fraction of sp³-hybridized carbons (Fsp3) is 0.625. The van der Waals surface area contributed by atoms with Gasteiger partial charge in [-0.3, -0.25) is 0 Å². The number of hydrogen-bond donors (Lipinski definition) is 1. The Morgan fingerprint density at radius 1 is 1.00 bits per heavy atom. The van der Waals surface area contributed by atoms with Crippen LogP contribution in [0.15, 0.2) is 17.0 Å². The van der Waals surface area contributed by atoms with E-state index < -0.39 is 10.0 Å². The summed E-state index contributed by atoms with van der Waals surface area (Å²) >= 11 is 0. The van der Waals surface area contributed by atoms with E-state index in [9.17, 15) is 8.42 Å². The second-order valence-corrected chi connectivity index (χ2v) is 7.18. The first-order valence-corrected chi connectivity index (χ1v) is 9.27. The molecule has 0 atom stereocenters. The molecule has 1 aromatic carbocycles. The Bertz CT molecular complexity index is 562. The molecule has 0 radical (unpaired) electrons. The van der Waals surface area contributed by atoms with Crippen molar-refractivity contribution in [3.05, 3.63) is 23.3 Å². The van der Waals surface area contributed by atoms with E-state index in [2.05, 4.69) is 0 Å². The Labute approximate surface area is 129 Å². The molecule has 120 valence electrons. The predicted octanol–water partition coefficient (Wildman–Crippen LogP) is 3.20. The molecule has 1 aromatic rings. The van der Waals surface area contributed by atoms with Crippen LogP contribution in [0.25, 0.3) is 0 Å². The third-order valence-corrected chi connectivity index (χ3v) is 5.59. The van der Waals surface area contributed by atoms with Crippen LogP contribution in [0.5, 0.6) is 0 Å². The van der Waals surface area contributed by atoms with Crippen molar-refractivity contribution >= 4 is 15.7 Å². The van der Waals surface area contributed by atoms with Crippen LogP contribution in [0.1, 0.15) is 51.7 Å². The number of anilines is 1. The Hall–Kier alpha value is -1.07. The lowest BCUT2D eigenvalue weighted by Gasteiger charge is -2.23. The maximum absolute atomic E-state index is 13.0. The molecule has 0 unspecified atom stereocenters. The van der Waals surface area contributed by atoms with Gasteiger partial charge in [0, 0.05) is 18.8 Å². The summed E-state index contributed by atoms with van der Waals surface area (Å²) in [5.74, 6) is 0. The van der Waals surface area contributed by atoms with E-state index in [0.717, 1.165) is 30.4 Å². The predicted molar refractivity (Wildman–Crippen MR) is 89.0 cm³/mol. The maximum Gasteiger partial charge on any atom is 0.243 e. The maximum atomic E-state index is 13.0. The summed E-state index contributed by atoms with van der Waals surface area (Å²) in [5, 5.41) is 0. The van der Waals surface area contributed by atoms with Crippen molar-refractivity contribution in [1.82, 2.24) is 4.31 Å². The number of nitrogen functional groups attached to an aromatic ring is 1. The lowest BCUT2D eigenvalue weighted by molar-refractivity contribution is 0.409. The van der Waals surface area contributed by atoms with Crippen LogP contribution in [0.4, 0.5) is 5.69 Å². The average Bonchev–Trinajstić information content (AvgIpc) is 2.46. The molecule has 0 saturated carbocycles. The number of nitrogens with two attached hydrogens (primary N) is 1. The number of nitrogens with zero attached hydrogens (tertiary/aromatic N) is 1. The lowest BCUT2D eigenvalue weighted by atomic mass is 10.1. The van der Waals surface area contributed by atoms with Crippen LogP contribution < -0.4 is 5.73 Å². The summed E-state index contributed by atoms with van der Waals surface area (Å²) in [5.41, 5.74) is 8.37. The molecule has 0 aromatic heterocycles. The van der Waals surface area contributed by atoms with Gasteiger partial charge in [0.25, 0.3) is 0 Å². The highest BCUT2D eigenvalue weighted by molar-refractivity contribution is 7.89. The fourth-order valence-electron chi connectivity index (χ4n) is 2.53. The highest BCUT2D eigenvalue weighted by Crippen LogP contribution is 2.28. The number of benzene rings is 1. The molecule has 1 rings (SSSR count).